The third-order valence-corrected chi connectivity index (χ3v) is 4.00. The predicted molar refractivity (Wildman–Crippen MR) is 74.8 cm³/mol. The Balaban J connectivity index is 2.07. The first-order valence-electron chi connectivity index (χ1n) is 6.03. The van der Waals surface area contributed by atoms with Gasteiger partial charge in [0.15, 0.2) is 0 Å². The Kier molecular flexibility index (Phi) is 3.32. The van der Waals surface area contributed by atoms with Crippen LogP contribution in [0.4, 0.5) is 13.2 Å². The number of carboxylic acids is 1. The highest BCUT2D eigenvalue weighted by molar-refractivity contribution is 7.21. The SMILES string of the molecule is O=C(O)c1ccnc2sc(-c3ccc(C(F)(F)F)cc3)nc12. The molecule has 0 atom stereocenters. The Morgan fingerprint density at radius 1 is 1.14 bits per heavy atom. The Labute approximate surface area is 125 Å². The van der Waals surface area contributed by atoms with Crippen molar-refractivity contribution in [3.63, 3.8) is 0 Å². The molecular weight excluding hydrogens is 317 g/mol. The van der Waals surface area contributed by atoms with Crippen molar-refractivity contribution in [3.05, 3.63) is 47.7 Å². The second-order valence-electron chi connectivity index (χ2n) is 4.41. The summed E-state index contributed by atoms with van der Waals surface area (Å²) in [5, 5.41) is 9.52. The Morgan fingerprint density at radius 3 is 2.41 bits per heavy atom. The molecule has 8 heteroatoms. The lowest BCUT2D eigenvalue weighted by molar-refractivity contribution is -0.137. The van der Waals surface area contributed by atoms with Crippen LogP contribution in [0.5, 0.6) is 0 Å². The Bertz CT molecular complexity index is 857. The van der Waals surface area contributed by atoms with Crippen LogP contribution in [0, 0.1) is 0 Å². The van der Waals surface area contributed by atoms with Crippen molar-refractivity contribution < 1.29 is 23.1 Å². The molecule has 0 fully saturated rings. The summed E-state index contributed by atoms with van der Waals surface area (Å²) in [7, 11) is 0. The lowest BCUT2D eigenvalue weighted by Gasteiger charge is -2.06. The molecule has 0 bridgehead atoms. The van der Waals surface area contributed by atoms with Gasteiger partial charge in [0.2, 0.25) is 0 Å². The molecule has 1 aromatic carbocycles. The molecule has 0 aliphatic heterocycles. The monoisotopic (exact) mass is 324 g/mol. The number of rotatable bonds is 2. The summed E-state index contributed by atoms with van der Waals surface area (Å²) in [5.41, 5.74) is -0.0247. The Morgan fingerprint density at radius 2 is 1.82 bits per heavy atom. The molecule has 0 unspecified atom stereocenters. The molecule has 2 aromatic heterocycles. The smallest absolute Gasteiger partial charge is 0.416 e. The molecule has 0 saturated carbocycles. The maximum Gasteiger partial charge on any atom is 0.416 e. The van der Waals surface area contributed by atoms with Crippen LogP contribution in [-0.2, 0) is 6.18 Å². The number of nitrogens with zero attached hydrogens (tertiary/aromatic N) is 2. The fraction of sp³-hybridized carbons (Fsp3) is 0.0714. The van der Waals surface area contributed by atoms with Gasteiger partial charge in [-0.15, -0.1) is 0 Å². The number of aromatic nitrogens is 2. The minimum absolute atomic E-state index is 0.0133. The van der Waals surface area contributed by atoms with E-state index in [0.717, 1.165) is 23.5 Å². The lowest BCUT2D eigenvalue weighted by atomic mass is 10.1. The fourth-order valence-electron chi connectivity index (χ4n) is 1.93. The topological polar surface area (TPSA) is 63.1 Å². The average Bonchev–Trinajstić information content (AvgIpc) is 2.90. The van der Waals surface area contributed by atoms with Crippen LogP contribution < -0.4 is 0 Å². The van der Waals surface area contributed by atoms with E-state index in [-0.39, 0.29) is 11.1 Å². The summed E-state index contributed by atoms with van der Waals surface area (Å²) in [6.45, 7) is 0. The molecule has 22 heavy (non-hydrogen) atoms. The molecule has 4 nitrogen and oxygen atoms in total. The molecule has 0 saturated heterocycles. The number of fused-ring (bicyclic) bond motifs is 1. The third-order valence-electron chi connectivity index (χ3n) is 2.99. The van der Waals surface area contributed by atoms with E-state index >= 15 is 0 Å². The molecule has 0 spiro atoms. The number of thiazole rings is 1. The number of hydrogen-bond acceptors (Lipinski definition) is 4. The van der Waals surface area contributed by atoms with Gasteiger partial charge in [-0.25, -0.2) is 14.8 Å². The molecule has 1 N–H and O–H groups in total. The van der Waals surface area contributed by atoms with Crippen LogP contribution in [0.15, 0.2) is 36.5 Å². The second-order valence-corrected chi connectivity index (χ2v) is 5.39. The third kappa shape index (κ3) is 2.52. The fourth-order valence-corrected chi connectivity index (χ4v) is 2.87. The molecule has 2 heterocycles. The summed E-state index contributed by atoms with van der Waals surface area (Å²) in [5.74, 6) is -1.13. The molecule has 0 aliphatic carbocycles. The van der Waals surface area contributed by atoms with Crippen molar-refractivity contribution in [2.24, 2.45) is 0 Å². The first-order chi connectivity index (χ1) is 10.4. The molecule has 3 rings (SSSR count). The number of aromatic carboxylic acids is 1. The van der Waals surface area contributed by atoms with Gasteiger partial charge in [0.1, 0.15) is 15.4 Å². The van der Waals surface area contributed by atoms with E-state index in [0.29, 0.717) is 15.4 Å². The quantitative estimate of drug-likeness (QED) is 0.771. The van der Waals surface area contributed by atoms with Gasteiger partial charge in [-0.2, -0.15) is 13.2 Å². The first kappa shape index (κ1) is 14.5. The molecule has 3 aromatic rings. The van der Waals surface area contributed by atoms with Crippen LogP contribution in [0.1, 0.15) is 15.9 Å². The number of pyridine rings is 1. The molecular formula is C14H7F3N2O2S. The minimum Gasteiger partial charge on any atom is -0.478 e. The van der Waals surface area contributed by atoms with Crippen molar-refractivity contribution in [1.82, 2.24) is 9.97 Å². The summed E-state index contributed by atoms with van der Waals surface area (Å²) >= 11 is 1.13. The van der Waals surface area contributed by atoms with Crippen molar-refractivity contribution in [2.45, 2.75) is 6.18 Å². The summed E-state index contributed by atoms with van der Waals surface area (Å²) < 4.78 is 37.6. The molecule has 0 aliphatic rings. The largest absolute Gasteiger partial charge is 0.478 e. The summed E-state index contributed by atoms with van der Waals surface area (Å²) in [4.78, 5) is 19.8. The van der Waals surface area contributed by atoms with Gasteiger partial charge in [-0.3, -0.25) is 0 Å². The van der Waals surface area contributed by atoms with E-state index in [9.17, 15) is 18.0 Å². The molecule has 112 valence electrons. The number of alkyl halides is 3. The van der Waals surface area contributed by atoms with Gasteiger partial charge in [0.05, 0.1) is 11.1 Å². The van der Waals surface area contributed by atoms with Gasteiger partial charge in [-0.1, -0.05) is 23.5 Å². The van der Waals surface area contributed by atoms with Crippen LogP contribution in [0.2, 0.25) is 0 Å². The molecule has 0 amide bonds. The van der Waals surface area contributed by atoms with Crippen molar-refractivity contribution >= 4 is 27.7 Å². The van der Waals surface area contributed by atoms with Crippen LogP contribution >= 0.6 is 11.3 Å². The number of carboxylic acid groups (broad SMARTS) is 1. The van der Waals surface area contributed by atoms with Gasteiger partial charge >= 0.3 is 12.1 Å². The summed E-state index contributed by atoms with van der Waals surface area (Å²) in [6, 6.07) is 5.88. The van der Waals surface area contributed by atoms with E-state index in [4.69, 9.17) is 5.11 Å². The zero-order valence-electron chi connectivity index (χ0n) is 10.8. The number of benzene rings is 1. The summed E-state index contributed by atoms with van der Waals surface area (Å²) in [6.07, 6.45) is -3.04. The van der Waals surface area contributed by atoms with Crippen LogP contribution in [-0.4, -0.2) is 21.0 Å². The highest BCUT2D eigenvalue weighted by Gasteiger charge is 2.30. The van der Waals surface area contributed by atoms with Crippen LogP contribution in [0.3, 0.4) is 0 Å². The van der Waals surface area contributed by atoms with Gasteiger partial charge in [-0.05, 0) is 18.2 Å². The van der Waals surface area contributed by atoms with E-state index in [1.807, 2.05) is 0 Å². The number of halogens is 3. The number of hydrogen-bond donors (Lipinski definition) is 1. The normalized spacial score (nSPS) is 11.8. The van der Waals surface area contributed by atoms with E-state index in [1.54, 1.807) is 0 Å². The predicted octanol–water partition coefficient (Wildman–Crippen LogP) is 4.08. The highest BCUT2D eigenvalue weighted by Crippen LogP contribution is 2.33. The van der Waals surface area contributed by atoms with Crippen molar-refractivity contribution in [2.75, 3.05) is 0 Å². The Hall–Kier alpha value is -2.48. The first-order valence-corrected chi connectivity index (χ1v) is 6.84. The van der Waals surface area contributed by atoms with Crippen molar-refractivity contribution in [1.29, 1.82) is 0 Å². The number of carbonyl (C=O) groups is 1. The van der Waals surface area contributed by atoms with Gasteiger partial charge < -0.3 is 5.11 Å². The zero-order chi connectivity index (χ0) is 15.9. The van der Waals surface area contributed by atoms with E-state index < -0.39 is 17.7 Å². The maximum absolute atomic E-state index is 12.5. The van der Waals surface area contributed by atoms with Crippen molar-refractivity contribution in [3.8, 4) is 10.6 Å². The van der Waals surface area contributed by atoms with Crippen LogP contribution in [0.25, 0.3) is 20.9 Å². The van der Waals surface area contributed by atoms with Gasteiger partial charge in [0.25, 0.3) is 0 Å². The minimum atomic E-state index is -4.40. The standard InChI is InChI=1S/C14H7F3N2O2S/c15-14(16,17)8-3-1-7(2-4-8)11-19-10-9(13(20)21)5-6-18-12(10)22-11/h1-6H,(H,20,21). The van der Waals surface area contributed by atoms with E-state index in [2.05, 4.69) is 9.97 Å². The maximum atomic E-state index is 12.5. The average molecular weight is 324 g/mol. The molecule has 0 radical (unpaired) electrons. The van der Waals surface area contributed by atoms with E-state index in [1.165, 1.54) is 24.4 Å². The lowest BCUT2D eigenvalue weighted by Crippen LogP contribution is -2.03. The highest BCUT2D eigenvalue weighted by atomic mass is 32.1. The second kappa shape index (κ2) is 5.06. The zero-order valence-corrected chi connectivity index (χ0v) is 11.6. The van der Waals surface area contributed by atoms with Gasteiger partial charge in [0, 0.05) is 11.8 Å².